The summed E-state index contributed by atoms with van der Waals surface area (Å²) in [5.74, 6) is -0.226. The van der Waals surface area contributed by atoms with Gasteiger partial charge in [-0.15, -0.1) is 0 Å². The van der Waals surface area contributed by atoms with Crippen molar-refractivity contribution in [1.82, 2.24) is 9.78 Å². The molecule has 1 heterocycles. The van der Waals surface area contributed by atoms with Gasteiger partial charge in [0.25, 0.3) is 0 Å². The van der Waals surface area contributed by atoms with E-state index in [9.17, 15) is 4.39 Å². The van der Waals surface area contributed by atoms with Gasteiger partial charge in [0.05, 0.1) is 17.2 Å². The molecule has 78 valence electrons. The Hall–Kier alpha value is -0.680. The zero-order valence-electron chi connectivity index (χ0n) is 7.62. The average Bonchev–Trinajstić information content (AvgIpc) is 2.56. The van der Waals surface area contributed by atoms with E-state index in [4.69, 9.17) is 0 Å². The van der Waals surface area contributed by atoms with E-state index in [0.717, 1.165) is 8.95 Å². The number of aromatic nitrogens is 2. The number of rotatable bonds is 2. The number of halogens is 3. The first-order valence-electron chi connectivity index (χ1n) is 4.27. The summed E-state index contributed by atoms with van der Waals surface area (Å²) < 4.78 is 16.8. The zero-order chi connectivity index (χ0) is 10.8. The van der Waals surface area contributed by atoms with Gasteiger partial charge in [-0.3, -0.25) is 4.68 Å². The van der Waals surface area contributed by atoms with Gasteiger partial charge < -0.3 is 0 Å². The van der Waals surface area contributed by atoms with Crippen molar-refractivity contribution in [3.63, 3.8) is 0 Å². The second kappa shape index (κ2) is 4.45. The van der Waals surface area contributed by atoms with Gasteiger partial charge in [-0.25, -0.2) is 4.39 Å². The highest BCUT2D eigenvalue weighted by Crippen LogP contribution is 2.16. The Morgan fingerprint density at radius 3 is 2.67 bits per heavy atom. The summed E-state index contributed by atoms with van der Waals surface area (Å²) in [4.78, 5) is 0. The van der Waals surface area contributed by atoms with Gasteiger partial charge in [-0.05, 0) is 28.1 Å². The van der Waals surface area contributed by atoms with Crippen molar-refractivity contribution in [1.29, 1.82) is 0 Å². The van der Waals surface area contributed by atoms with E-state index in [-0.39, 0.29) is 5.82 Å². The molecule has 0 radical (unpaired) electrons. The highest BCUT2D eigenvalue weighted by molar-refractivity contribution is 9.10. The summed E-state index contributed by atoms with van der Waals surface area (Å²) in [6.45, 7) is 0.435. The fraction of sp³-hybridized carbons (Fsp3) is 0.100. The van der Waals surface area contributed by atoms with Gasteiger partial charge in [-0.1, -0.05) is 22.0 Å². The SMILES string of the molecule is Fc1cc(Br)ccc1Cn1cc(Br)cn1. The van der Waals surface area contributed by atoms with E-state index in [1.807, 2.05) is 12.3 Å². The summed E-state index contributed by atoms with van der Waals surface area (Å²) in [7, 11) is 0. The van der Waals surface area contributed by atoms with Gasteiger partial charge in [0, 0.05) is 16.2 Å². The first-order chi connectivity index (χ1) is 7.15. The molecule has 2 aromatic rings. The summed E-state index contributed by atoms with van der Waals surface area (Å²) in [6, 6.07) is 5.01. The molecule has 0 saturated carbocycles. The van der Waals surface area contributed by atoms with Crippen LogP contribution in [0.1, 0.15) is 5.56 Å². The second-order valence-corrected chi connectivity index (χ2v) is 4.92. The number of nitrogens with zero attached hydrogens (tertiary/aromatic N) is 2. The maximum atomic E-state index is 13.5. The molecule has 0 aliphatic heterocycles. The number of hydrogen-bond acceptors (Lipinski definition) is 1. The van der Waals surface area contributed by atoms with Crippen molar-refractivity contribution in [3.8, 4) is 0 Å². The van der Waals surface area contributed by atoms with Crippen LogP contribution in [0.15, 0.2) is 39.5 Å². The Bertz CT molecular complexity index is 482. The molecule has 0 unspecified atom stereocenters. The van der Waals surface area contributed by atoms with Gasteiger partial charge >= 0.3 is 0 Å². The van der Waals surface area contributed by atoms with Crippen LogP contribution in [0.3, 0.4) is 0 Å². The molecule has 0 fully saturated rings. The molecule has 0 N–H and O–H groups in total. The van der Waals surface area contributed by atoms with E-state index < -0.39 is 0 Å². The van der Waals surface area contributed by atoms with Crippen molar-refractivity contribution in [3.05, 3.63) is 50.9 Å². The number of hydrogen-bond donors (Lipinski definition) is 0. The Kier molecular flexibility index (Phi) is 3.21. The molecular weight excluding hydrogens is 327 g/mol. The zero-order valence-corrected chi connectivity index (χ0v) is 10.8. The quantitative estimate of drug-likeness (QED) is 0.821. The van der Waals surface area contributed by atoms with Crippen LogP contribution >= 0.6 is 31.9 Å². The first kappa shape index (κ1) is 10.8. The second-order valence-electron chi connectivity index (χ2n) is 3.09. The van der Waals surface area contributed by atoms with Crippen LogP contribution in [0.2, 0.25) is 0 Å². The largest absolute Gasteiger partial charge is 0.267 e. The summed E-state index contributed by atoms with van der Waals surface area (Å²) in [6.07, 6.45) is 3.48. The van der Waals surface area contributed by atoms with Crippen molar-refractivity contribution < 1.29 is 4.39 Å². The molecule has 0 spiro atoms. The minimum Gasteiger partial charge on any atom is -0.267 e. The molecular formula is C10H7Br2FN2. The highest BCUT2D eigenvalue weighted by atomic mass is 79.9. The fourth-order valence-corrected chi connectivity index (χ4v) is 1.91. The lowest BCUT2D eigenvalue weighted by molar-refractivity contribution is 0.584. The Labute approximate surface area is 103 Å². The maximum Gasteiger partial charge on any atom is 0.129 e. The molecule has 0 aliphatic rings. The molecule has 0 atom stereocenters. The summed E-state index contributed by atoms with van der Waals surface area (Å²) in [5, 5.41) is 4.07. The van der Waals surface area contributed by atoms with Gasteiger partial charge in [0.1, 0.15) is 5.82 Å². The molecule has 2 rings (SSSR count). The Morgan fingerprint density at radius 1 is 1.27 bits per heavy atom. The Morgan fingerprint density at radius 2 is 2.07 bits per heavy atom. The van der Waals surface area contributed by atoms with Gasteiger partial charge in [0.15, 0.2) is 0 Å². The molecule has 5 heteroatoms. The van der Waals surface area contributed by atoms with Crippen LogP contribution in [0.4, 0.5) is 4.39 Å². The van der Waals surface area contributed by atoms with E-state index in [1.54, 1.807) is 16.9 Å². The van der Waals surface area contributed by atoms with Crippen LogP contribution in [0, 0.1) is 5.82 Å². The van der Waals surface area contributed by atoms with E-state index in [0.29, 0.717) is 12.1 Å². The molecule has 15 heavy (non-hydrogen) atoms. The molecule has 0 bridgehead atoms. The monoisotopic (exact) mass is 332 g/mol. The lowest BCUT2D eigenvalue weighted by Crippen LogP contribution is -2.01. The first-order valence-corrected chi connectivity index (χ1v) is 5.85. The third kappa shape index (κ3) is 2.66. The smallest absolute Gasteiger partial charge is 0.129 e. The predicted molar refractivity (Wildman–Crippen MR) is 63.1 cm³/mol. The lowest BCUT2D eigenvalue weighted by Gasteiger charge is -2.03. The molecule has 0 aliphatic carbocycles. The third-order valence-corrected chi connectivity index (χ3v) is 2.85. The summed E-state index contributed by atoms with van der Waals surface area (Å²) in [5.41, 5.74) is 0.619. The van der Waals surface area contributed by atoms with Crippen LogP contribution in [0.5, 0.6) is 0 Å². The highest BCUT2D eigenvalue weighted by Gasteiger charge is 2.04. The molecule has 0 amide bonds. The molecule has 0 saturated heterocycles. The van der Waals surface area contributed by atoms with Gasteiger partial charge in [0.2, 0.25) is 0 Å². The van der Waals surface area contributed by atoms with Crippen LogP contribution < -0.4 is 0 Å². The van der Waals surface area contributed by atoms with Crippen LogP contribution in [-0.2, 0) is 6.54 Å². The van der Waals surface area contributed by atoms with Gasteiger partial charge in [-0.2, -0.15) is 5.10 Å². The Balaban J connectivity index is 2.24. The van der Waals surface area contributed by atoms with Crippen molar-refractivity contribution >= 4 is 31.9 Å². The molecule has 2 nitrogen and oxygen atoms in total. The van der Waals surface area contributed by atoms with Crippen LogP contribution in [-0.4, -0.2) is 9.78 Å². The van der Waals surface area contributed by atoms with Crippen molar-refractivity contribution in [2.75, 3.05) is 0 Å². The van der Waals surface area contributed by atoms with Crippen molar-refractivity contribution in [2.45, 2.75) is 6.54 Å². The minimum atomic E-state index is -0.226. The number of benzene rings is 1. The fourth-order valence-electron chi connectivity index (χ4n) is 1.25. The average molecular weight is 334 g/mol. The lowest BCUT2D eigenvalue weighted by atomic mass is 10.2. The minimum absolute atomic E-state index is 0.226. The van der Waals surface area contributed by atoms with E-state index in [2.05, 4.69) is 37.0 Å². The molecule has 1 aromatic carbocycles. The van der Waals surface area contributed by atoms with Crippen LogP contribution in [0.25, 0.3) is 0 Å². The predicted octanol–water partition coefficient (Wildman–Crippen LogP) is 3.60. The maximum absolute atomic E-state index is 13.5. The third-order valence-electron chi connectivity index (χ3n) is 1.95. The topological polar surface area (TPSA) is 17.8 Å². The van der Waals surface area contributed by atoms with E-state index >= 15 is 0 Å². The summed E-state index contributed by atoms with van der Waals surface area (Å²) >= 11 is 6.51. The van der Waals surface area contributed by atoms with E-state index in [1.165, 1.54) is 6.07 Å². The molecule has 1 aromatic heterocycles. The normalized spacial score (nSPS) is 10.6. The van der Waals surface area contributed by atoms with Crippen molar-refractivity contribution in [2.24, 2.45) is 0 Å². The standard InChI is InChI=1S/C10H7Br2FN2/c11-8-2-1-7(10(13)3-8)5-15-6-9(12)4-14-15/h1-4,6H,5H2.